The standard InChI is InChI=1S/C20H22ClNO5/c1-13(20(24)22-16-7-5-4-6-15(16)21)27-19(23)11-9-14-8-10-17(25-2)18(12-14)26-3/h4-8,10,12-13H,9,11H2,1-3H3,(H,22,24)/t13-/m0/s1. The molecule has 0 bridgehead atoms. The van der Waals surface area contributed by atoms with Crippen molar-refractivity contribution in [2.24, 2.45) is 0 Å². The zero-order valence-electron chi connectivity index (χ0n) is 15.5. The van der Waals surface area contributed by atoms with Crippen LogP contribution < -0.4 is 14.8 Å². The second kappa shape index (κ2) is 9.83. The molecule has 0 heterocycles. The zero-order chi connectivity index (χ0) is 19.8. The molecule has 0 unspecified atom stereocenters. The van der Waals surface area contributed by atoms with Gasteiger partial charge in [0.1, 0.15) is 0 Å². The fourth-order valence-electron chi connectivity index (χ4n) is 2.39. The number of hydrogen-bond donors (Lipinski definition) is 1. The van der Waals surface area contributed by atoms with Gasteiger partial charge < -0.3 is 19.5 Å². The predicted molar refractivity (Wildman–Crippen MR) is 104 cm³/mol. The second-order valence-electron chi connectivity index (χ2n) is 5.79. The SMILES string of the molecule is COc1ccc(CCC(=O)O[C@@H](C)C(=O)Nc2ccccc2Cl)cc1OC. The van der Waals surface area contributed by atoms with E-state index in [9.17, 15) is 9.59 Å². The molecule has 0 saturated heterocycles. The smallest absolute Gasteiger partial charge is 0.306 e. The van der Waals surface area contributed by atoms with Crippen LogP contribution in [0.25, 0.3) is 0 Å². The lowest BCUT2D eigenvalue weighted by molar-refractivity contribution is -0.153. The summed E-state index contributed by atoms with van der Waals surface area (Å²) in [5.74, 6) is 0.304. The third-order valence-corrected chi connectivity index (χ3v) is 4.20. The van der Waals surface area contributed by atoms with Crippen LogP contribution in [0, 0.1) is 0 Å². The minimum atomic E-state index is -0.931. The Morgan fingerprint density at radius 1 is 1.07 bits per heavy atom. The average molecular weight is 392 g/mol. The number of benzene rings is 2. The number of halogens is 1. The Hall–Kier alpha value is -2.73. The number of amides is 1. The van der Waals surface area contributed by atoms with Crippen LogP contribution >= 0.6 is 11.6 Å². The number of ether oxygens (including phenoxy) is 3. The van der Waals surface area contributed by atoms with E-state index in [-0.39, 0.29) is 6.42 Å². The van der Waals surface area contributed by atoms with Crippen molar-refractivity contribution in [2.75, 3.05) is 19.5 Å². The van der Waals surface area contributed by atoms with Crippen LogP contribution in [0.2, 0.25) is 5.02 Å². The van der Waals surface area contributed by atoms with Gasteiger partial charge >= 0.3 is 5.97 Å². The summed E-state index contributed by atoms with van der Waals surface area (Å²) in [6.45, 7) is 1.51. The largest absolute Gasteiger partial charge is 0.493 e. The van der Waals surface area contributed by atoms with Crippen molar-refractivity contribution in [3.8, 4) is 11.5 Å². The Bertz CT molecular complexity index is 809. The summed E-state index contributed by atoms with van der Waals surface area (Å²) in [4.78, 5) is 24.2. The van der Waals surface area contributed by atoms with Gasteiger partial charge in [-0.15, -0.1) is 0 Å². The number of hydrogen-bond acceptors (Lipinski definition) is 5. The Morgan fingerprint density at radius 2 is 1.78 bits per heavy atom. The number of methoxy groups -OCH3 is 2. The third kappa shape index (κ3) is 5.89. The summed E-state index contributed by atoms with van der Waals surface area (Å²) in [6, 6.07) is 12.3. The van der Waals surface area contributed by atoms with Crippen molar-refractivity contribution in [2.45, 2.75) is 25.9 Å². The predicted octanol–water partition coefficient (Wildman–Crippen LogP) is 3.86. The first kappa shape index (κ1) is 20.6. The van der Waals surface area contributed by atoms with Gasteiger partial charge in [0.25, 0.3) is 5.91 Å². The van der Waals surface area contributed by atoms with Gasteiger partial charge in [-0.05, 0) is 43.2 Å². The van der Waals surface area contributed by atoms with Crippen molar-refractivity contribution in [3.63, 3.8) is 0 Å². The first-order valence-electron chi connectivity index (χ1n) is 8.40. The minimum Gasteiger partial charge on any atom is -0.493 e. The maximum Gasteiger partial charge on any atom is 0.306 e. The Kier molecular flexibility index (Phi) is 7.49. The van der Waals surface area contributed by atoms with Gasteiger partial charge in [0.05, 0.1) is 24.9 Å². The Morgan fingerprint density at radius 3 is 2.44 bits per heavy atom. The lowest BCUT2D eigenvalue weighted by atomic mass is 10.1. The van der Waals surface area contributed by atoms with Crippen molar-refractivity contribution in [3.05, 3.63) is 53.1 Å². The molecule has 0 aliphatic rings. The molecule has 1 atom stereocenters. The normalized spacial score (nSPS) is 11.4. The number of carbonyl (C=O) groups excluding carboxylic acids is 2. The summed E-state index contributed by atoms with van der Waals surface area (Å²) >= 11 is 6.00. The van der Waals surface area contributed by atoms with E-state index >= 15 is 0 Å². The second-order valence-corrected chi connectivity index (χ2v) is 6.20. The van der Waals surface area contributed by atoms with E-state index in [1.807, 2.05) is 6.07 Å². The Balaban J connectivity index is 1.86. The van der Waals surface area contributed by atoms with E-state index in [0.717, 1.165) is 5.56 Å². The summed E-state index contributed by atoms with van der Waals surface area (Å²) < 4.78 is 15.6. The van der Waals surface area contributed by atoms with E-state index in [1.165, 1.54) is 6.92 Å². The number of aryl methyl sites for hydroxylation is 1. The number of rotatable bonds is 8. The molecule has 0 fully saturated rings. The number of nitrogens with one attached hydrogen (secondary N) is 1. The van der Waals surface area contributed by atoms with Gasteiger partial charge in [0, 0.05) is 6.42 Å². The van der Waals surface area contributed by atoms with Crippen LogP contribution in [0.1, 0.15) is 18.9 Å². The van der Waals surface area contributed by atoms with Crippen molar-refractivity contribution >= 4 is 29.2 Å². The molecule has 1 amide bonds. The van der Waals surface area contributed by atoms with Gasteiger partial charge in [0.2, 0.25) is 0 Å². The molecule has 0 aliphatic heterocycles. The number of carbonyl (C=O) groups is 2. The molecular formula is C20H22ClNO5. The highest BCUT2D eigenvalue weighted by molar-refractivity contribution is 6.33. The summed E-state index contributed by atoms with van der Waals surface area (Å²) in [7, 11) is 3.11. The molecule has 0 saturated carbocycles. The lowest BCUT2D eigenvalue weighted by Gasteiger charge is -2.14. The first-order chi connectivity index (χ1) is 12.9. The number of esters is 1. The van der Waals surface area contributed by atoms with Crippen LogP contribution in [0.15, 0.2) is 42.5 Å². The fourth-order valence-corrected chi connectivity index (χ4v) is 2.57. The highest BCUT2D eigenvalue weighted by atomic mass is 35.5. The summed E-state index contributed by atoms with van der Waals surface area (Å²) in [5, 5.41) is 3.05. The molecular weight excluding hydrogens is 370 g/mol. The maximum absolute atomic E-state index is 12.2. The van der Waals surface area contributed by atoms with Crippen molar-refractivity contribution in [1.29, 1.82) is 0 Å². The minimum absolute atomic E-state index is 0.138. The zero-order valence-corrected chi connectivity index (χ0v) is 16.2. The van der Waals surface area contributed by atoms with Gasteiger partial charge in [-0.25, -0.2) is 0 Å². The van der Waals surface area contributed by atoms with Gasteiger partial charge in [-0.1, -0.05) is 29.8 Å². The molecule has 0 aliphatic carbocycles. The number of anilines is 1. The van der Waals surface area contributed by atoms with Crippen molar-refractivity contribution < 1.29 is 23.8 Å². The molecule has 2 aromatic rings. The molecule has 27 heavy (non-hydrogen) atoms. The van der Waals surface area contributed by atoms with Gasteiger partial charge in [-0.3, -0.25) is 9.59 Å². The third-order valence-electron chi connectivity index (χ3n) is 3.87. The van der Waals surface area contributed by atoms with Crippen LogP contribution in [0.4, 0.5) is 5.69 Å². The van der Waals surface area contributed by atoms with E-state index in [0.29, 0.717) is 28.6 Å². The monoisotopic (exact) mass is 391 g/mol. The molecule has 0 spiro atoms. The highest BCUT2D eigenvalue weighted by Gasteiger charge is 2.18. The maximum atomic E-state index is 12.2. The quantitative estimate of drug-likeness (QED) is 0.691. The van der Waals surface area contributed by atoms with Gasteiger partial charge in [-0.2, -0.15) is 0 Å². The van der Waals surface area contributed by atoms with Crippen molar-refractivity contribution in [1.82, 2.24) is 0 Å². The summed E-state index contributed by atoms with van der Waals surface area (Å²) in [5.41, 5.74) is 1.37. The number of para-hydroxylation sites is 1. The first-order valence-corrected chi connectivity index (χ1v) is 8.78. The van der Waals surface area contributed by atoms with E-state index in [1.54, 1.807) is 50.6 Å². The average Bonchev–Trinajstić information content (AvgIpc) is 2.67. The van der Waals surface area contributed by atoms with E-state index in [2.05, 4.69) is 5.32 Å². The van der Waals surface area contributed by atoms with Crippen LogP contribution in [-0.4, -0.2) is 32.2 Å². The molecule has 2 rings (SSSR count). The fraction of sp³-hybridized carbons (Fsp3) is 0.300. The Labute approximate surface area is 163 Å². The lowest BCUT2D eigenvalue weighted by Crippen LogP contribution is -2.30. The van der Waals surface area contributed by atoms with Crippen LogP contribution in [-0.2, 0) is 20.7 Å². The topological polar surface area (TPSA) is 73.9 Å². The molecule has 0 aromatic heterocycles. The summed E-state index contributed by atoms with van der Waals surface area (Å²) in [6.07, 6.45) is -0.337. The van der Waals surface area contributed by atoms with Crippen LogP contribution in [0.3, 0.4) is 0 Å². The molecule has 6 nitrogen and oxygen atoms in total. The molecule has 144 valence electrons. The molecule has 2 aromatic carbocycles. The van der Waals surface area contributed by atoms with Crippen LogP contribution in [0.5, 0.6) is 11.5 Å². The molecule has 1 N–H and O–H groups in total. The van der Waals surface area contributed by atoms with Gasteiger partial charge in [0.15, 0.2) is 17.6 Å². The van der Waals surface area contributed by atoms with E-state index in [4.69, 9.17) is 25.8 Å². The molecule has 0 radical (unpaired) electrons. The van der Waals surface area contributed by atoms with E-state index < -0.39 is 18.0 Å². The highest BCUT2D eigenvalue weighted by Crippen LogP contribution is 2.28. The molecule has 7 heteroatoms.